The number of carbonyl (C=O) groups is 1. The number of hydrogen-bond donors (Lipinski definition) is 0. The van der Waals surface area contributed by atoms with Crippen LogP contribution in [0.15, 0.2) is 59.6 Å². The van der Waals surface area contributed by atoms with Crippen LogP contribution < -0.4 is 4.74 Å². The topological polar surface area (TPSA) is 57.1 Å². The Labute approximate surface area is 135 Å². The van der Waals surface area contributed by atoms with Gasteiger partial charge in [0.1, 0.15) is 5.75 Å². The van der Waals surface area contributed by atoms with Crippen molar-refractivity contribution >= 4 is 12.2 Å². The molecule has 120 valence electrons. The second-order valence-electron chi connectivity index (χ2n) is 4.72. The van der Waals surface area contributed by atoms with Gasteiger partial charge in [0, 0.05) is 20.4 Å². The average Bonchev–Trinajstić information content (AvgIpc) is 2.60. The van der Waals surface area contributed by atoms with Gasteiger partial charge < -0.3 is 14.2 Å². The summed E-state index contributed by atoms with van der Waals surface area (Å²) >= 11 is 0. The molecule has 23 heavy (non-hydrogen) atoms. The SMILES string of the molecule is COC(CN=Cc1cccc(OC(=O)c2ccccc2)c1)OC. The maximum Gasteiger partial charge on any atom is 0.343 e. The molecule has 0 radical (unpaired) electrons. The Hall–Kier alpha value is -2.50. The van der Waals surface area contributed by atoms with Gasteiger partial charge in [-0.15, -0.1) is 0 Å². The molecule has 0 saturated heterocycles. The van der Waals surface area contributed by atoms with Crippen LogP contribution in [-0.2, 0) is 9.47 Å². The lowest BCUT2D eigenvalue weighted by Crippen LogP contribution is -2.16. The fraction of sp³-hybridized carbons (Fsp3) is 0.222. The minimum atomic E-state index is -0.390. The zero-order chi connectivity index (χ0) is 16.5. The van der Waals surface area contributed by atoms with Crippen LogP contribution in [0.25, 0.3) is 0 Å². The number of aliphatic imine (C=N–C) groups is 1. The Morgan fingerprint density at radius 2 is 1.83 bits per heavy atom. The van der Waals surface area contributed by atoms with Crippen molar-refractivity contribution in [1.82, 2.24) is 0 Å². The van der Waals surface area contributed by atoms with Crippen molar-refractivity contribution in [2.75, 3.05) is 20.8 Å². The van der Waals surface area contributed by atoms with Crippen LogP contribution in [0.3, 0.4) is 0 Å². The number of rotatable bonds is 7. The minimum absolute atomic E-state index is 0.370. The molecule has 0 aliphatic carbocycles. The van der Waals surface area contributed by atoms with Crippen molar-refractivity contribution < 1.29 is 19.0 Å². The summed E-state index contributed by atoms with van der Waals surface area (Å²) in [7, 11) is 3.13. The van der Waals surface area contributed by atoms with Crippen LogP contribution in [0, 0.1) is 0 Å². The van der Waals surface area contributed by atoms with Crippen LogP contribution in [0.5, 0.6) is 5.75 Å². The Morgan fingerprint density at radius 1 is 1.09 bits per heavy atom. The van der Waals surface area contributed by atoms with E-state index >= 15 is 0 Å². The first-order chi connectivity index (χ1) is 11.2. The molecule has 5 heteroatoms. The summed E-state index contributed by atoms with van der Waals surface area (Å²) in [5.41, 5.74) is 1.34. The Kier molecular flexibility index (Phi) is 6.47. The highest BCUT2D eigenvalue weighted by Crippen LogP contribution is 2.14. The highest BCUT2D eigenvalue weighted by molar-refractivity contribution is 5.91. The molecule has 0 aliphatic heterocycles. The summed E-state index contributed by atoms with van der Waals surface area (Å²) in [6.45, 7) is 0.390. The Balaban J connectivity index is 1.99. The quantitative estimate of drug-likeness (QED) is 0.341. The van der Waals surface area contributed by atoms with E-state index in [1.54, 1.807) is 62.9 Å². The largest absolute Gasteiger partial charge is 0.423 e. The van der Waals surface area contributed by atoms with Crippen LogP contribution in [0.4, 0.5) is 0 Å². The van der Waals surface area contributed by atoms with Gasteiger partial charge in [-0.25, -0.2) is 4.79 Å². The third kappa shape index (κ3) is 5.32. The van der Waals surface area contributed by atoms with Gasteiger partial charge in [-0.1, -0.05) is 30.3 Å². The van der Waals surface area contributed by atoms with E-state index < -0.39 is 5.97 Å². The first kappa shape index (κ1) is 16.9. The number of esters is 1. The lowest BCUT2D eigenvalue weighted by molar-refractivity contribution is -0.0936. The average molecular weight is 313 g/mol. The Morgan fingerprint density at radius 3 is 2.52 bits per heavy atom. The van der Waals surface area contributed by atoms with Crippen LogP contribution in [0.2, 0.25) is 0 Å². The number of benzene rings is 2. The van der Waals surface area contributed by atoms with Gasteiger partial charge >= 0.3 is 5.97 Å². The van der Waals surface area contributed by atoms with Crippen LogP contribution in [0.1, 0.15) is 15.9 Å². The first-order valence-electron chi connectivity index (χ1n) is 7.15. The molecule has 0 bridgehead atoms. The maximum atomic E-state index is 12.0. The van der Waals surface area contributed by atoms with E-state index in [1.807, 2.05) is 12.1 Å². The van der Waals surface area contributed by atoms with E-state index in [0.717, 1.165) is 5.56 Å². The normalized spacial score (nSPS) is 11.1. The first-order valence-corrected chi connectivity index (χ1v) is 7.15. The van der Waals surface area contributed by atoms with E-state index in [0.29, 0.717) is 17.9 Å². The maximum absolute atomic E-state index is 12.0. The zero-order valence-electron chi connectivity index (χ0n) is 13.1. The van der Waals surface area contributed by atoms with Crippen molar-refractivity contribution in [3.8, 4) is 5.75 Å². The van der Waals surface area contributed by atoms with Crippen molar-refractivity contribution in [2.24, 2.45) is 4.99 Å². The van der Waals surface area contributed by atoms with Crippen molar-refractivity contribution in [3.63, 3.8) is 0 Å². The van der Waals surface area contributed by atoms with Crippen LogP contribution >= 0.6 is 0 Å². The summed E-state index contributed by atoms with van der Waals surface area (Å²) in [6.07, 6.45) is 1.32. The van der Waals surface area contributed by atoms with Crippen molar-refractivity contribution in [3.05, 3.63) is 65.7 Å². The molecule has 0 heterocycles. The second-order valence-corrected chi connectivity index (χ2v) is 4.72. The van der Waals surface area contributed by atoms with Gasteiger partial charge in [-0.05, 0) is 29.8 Å². The van der Waals surface area contributed by atoms with Crippen molar-refractivity contribution in [2.45, 2.75) is 6.29 Å². The molecule has 2 aromatic rings. The molecule has 0 atom stereocenters. The number of carbonyl (C=O) groups excluding carboxylic acids is 1. The number of methoxy groups -OCH3 is 2. The molecule has 2 rings (SSSR count). The highest BCUT2D eigenvalue weighted by atomic mass is 16.7. The molecule has 2 aromatic carbocycles. The molecule has 0 fully saturated rings. The van der Waals surface area contributed by atoms with Gasteiger partial charge in [0.2, 0.25) is 0 Å². The monoisotopic (exact) mass is 313 g/mol. The molecule has 5 nitrogen and oxygen atoms in total. The van der Waals surface area contributed by atoms with E-state index in [1.165, 1.54) is 0 Å². The van der Waals surface area contributed by atoms with E-state index in [2.05, 4.69) is 4.99 Å². The van der Waals surface area contributed by atoms with Crippen molar-refractivity contribution in [1.29, 1.82) is 0 Å². The van der Waals surface area contributed by atoms with Gasteiger partial charge in [-0.2, -0.15) is 0 Å². The van der Waals surface area contributed by atoms with E-state index in [-0.39, 0.29) is 6.29 Å². The Bertz CT molecular complexity index is 651. The minimum Gasteiger partial charge on any atom is -0.423 e. The molecule has 0 aliphatic rings. The van der Waals surface area contributed by atoms with Gasteiger partial charge in [0.05, 0.1) is 12.1 Å². The molecule has 0 N–H and O–H groups in total. The van der Waals surface area contributed by atoms with Crippen LogP contribution in [-0.4, -0.2) is 39.2 Å². The standard InChI is InChI=1S/C18H19NO4/c1-21-17(22-2)13-19-12-14-7-6-10-16(11-14)23-18(20)15-8-4-3-5-9-15/h3-12,17H,13H2,1-2H3. The summed E-state index contributed by atoms with van der Waals surface area (Å²) in [5, 5.41) is 0. The third-order valence-electron chi connectivity index (χ3n) is 3.10. The lowest BCUT2D eigenvalue weighted by atomic mass is 10.2. The number of ether oxygens (including phenoxy) is 3. The zero-order valence-corrected chi connectivity index (χ0v) is 13.1. The van der Waals surface area contributed by atoms with E-state index in [4.69, 9.17) is 14.2 Å². The molecule has 0 spiro atoms. The second kappa shape index (κ2) is 8.82. The molecule has 0 saturated carbocycles. The smallest absolute Gasteiger partial charge is 0.343 e. The summed E-state index contributed by atoms with van der Waals surface area (Å²) in [4.78, 5) is 16.3. The summed E-state index contributed by atoms with van der Waals surface area (Å²) in [6, 6.07) is 16.0. The van der Waals surface area contributed by atoms with Gasteiger partial charge in [0.25, 0.3) is 0 Å². The molecular weight excluding hydrogens is 294 g/mol. The molecular formula is C18H19NO4. The summed E-state index contributed by atoms with van der Waals surface area (Å²) < 4.78 is 15.5. The fourth-order valence-electron chi connectivity index (χ4n) is 1.89. The number of hydrogen-bond acceptors (Lipinski definition) is 5. The predicted octanol–water partition coefficient (Wildman–Crippen LogP) is 2.94. The highest BCUT2D eigenvalue weighted by Gasteiger charge is 2.07. The molecule has 0 unspecified atom stereocenters. The lowest BCUT2D eigenvalue weighted by Gasteiger charge is -2.09. The summed E-state index contributed by atoms with van der Waals surface area (Å²) in [5.74, 6) is 0.0800. The van der Waals surface area contributed by atoms with Gasteiger partial charge in [-0.3, -0.25) is 4.99 Å². The van der Waals surface area contributed by atoms with E-state index in [9.17, 15) is 4.79 Å². The van der Waals surface area contributed by atoms with Gasteiger partial charge in [0.15, 0.2) is 6.29 Å². The predicted molar refractivity (Wildman–Crippen MR) is 88.1 cm³/mol. The number of nitrogens with zero attached hydrogens (tertiary/aromatic N) is 1. The third-order valence-corrected chi connectivity index (χ3v) is 3.10. The molecule has 0 amide bonds. The molecule has 0 aromatic heterocycles. The fourth-order valence-corrected chi connectivity index (χ4v) is 1.89.